The average molecular weight is 416 g/mol. The molecule has 162 valence electrons. The zero-order chi connectivity index (χ0) is 23.0. The number of aliphatic hydroxyl groups is 2. The first-order chi connectivity index (χ1) is 13.5. The largest absolute Gasteiger partial charge is 0.480 e. The Hall–Kier alpha value is -3.15. The molecule has 0 heterocycles. The highest BCUT2D eigenvalue weighted by molar-refractivity contribution is 6.15. The summed E-state index contributed by atoms with van der Waals surface area (Å²) in [7, 11) is 0. The second-order valence-electron chi connectivity index (χ2n) is 5.21. The van der Waals surface area contributed by atoms with Crippen LogP contribution >= 0.6 is 0 Å². The number of aliphatic hydroxyl groups excluding tert-OH is 2. The number of ether oxygens (including phenoxy) is 1. The van der Waals surface area contributed by atoms with E-state index < -0.39 is 35.4 Å². The summed E-state index contributed by atoms with van der Waals surface area (Å²) in [6.45, 7) is 2.86. The van der Waals surface area contributed by atoms with Crippen LogP contribution in [0, 0.1) is 5.92 Å². The molecule has 0 bridgehead atoms. The lowest BCUT2D eigenvalue weighted by Crippen LogP contribution is -2.27. The molecule has 1 aromatic rings. The lowest BCUT2D eigenvalue weighted by atomic mass is 10.0. The van der Waals surface area contributed by atoms with Gasteiger partial charge in [0.05, 0.1) is 37.6 Å². The van der Waals surface area contributed by atoms with Crippen LogP contribution in [-0.2, 0) is 19.1 Å². The van der Waals surface area contributed by atoms with Crippen molar-refractivity contribution in [3.63, 3.8) is 0 Å². The molecule has 29 heavy (non-hydrogen) atoms. The molecular weight excluding hydrogens is 392 g/mol. The molecule has 0 fully saturated rings. The third-order valence-electron chi connectivity index (χ3n) is 2.92. The number of aromatic carboxylic acids is 2. The number of hydrogen-bond acceptors (Lipinski definition) is 8. The summed E-state index contributed by atoms with van der Waals surface area (Å²) < 4.78 is 4.63. The number of carboxylic acids is 3. The lowest BCUT2D eigenvalue weighted by molar-refractivity contribution is -0.149. The van der Waals surface area contributed by atoms with E-state index in [9.17, 15) is 24.0 Å². The van der Waals surface area contributed by atoms with E-state index in [-0.39, 0.29) is 24.3 Å². The van der Waals surface area contributed by atoms with Crippen LogP contribution in [0.15, 0.2) is 24.3 Å². The fourth-order valence-electron chi connectivity index (χ4n) is 1.72. The third-order valence-corrected chi connectivity index (χ3v) is 2.92. The smallest absolute Gasteiger partial charge is 0.336 e. The minimum absolute atomic E-state index is 0.0278. The number of carbonyl (C=O) groups is 5. The van der Waals surface area contributed by atoms with Crippen molar-refractivity contribution in [2.24, 2.45) is 5.92 Å². The van der Waals surface area contributed by atoms with E-state index in [1.807, 2.05) is 0 Å². The third kappa shape index (κ3) is 12.8. The predicted octanol–water partition coefficient (Wildman–Crippen LogP) is -0.0642. The Morgan fingerprint density at radius 3 is 1.31 bits per heavy atom. The quantitative estimate of drug-likeness (QED) is 0.267. The van der Waals surface area contributed by atoms with Crippen LogP contribution in [0.3, 0.4) is 0 Å². The van der Waals surface area contributed by atoms with Crippen molar-refractivity contribution >= 4 is 29.5 Å². The minimum Gasteiger partial charge on any atom is -0.480 e. The summed E-state index contributed by atoms with van der Waals surface area (Å²) >= 11 is 0. The summed E-state index contributed by atoms with van der Waals surface area (Å²) in [6, 6.07) is 5.48. The number of carbonyl (C=O) groups excluding carboxylic acids is 2. The Morgan fingerprint density at radius 2 is 1.14 bits per heavy atom. The first-order valence-corrected chi connectivity index (χ1v) is 8.09. The molecule has 5 N–H and O–H groups in total. The summed E-state index contributed by atoms with van der Waals surface area (Å²) in [5, 5.41) is 41.5. The van der Waals surface area contributed by atoms with Gasteiger partial charge in [0.15, 0.2) is 17.5 Å². The normalized spacial score (nSPS) is 9.41. The maximum Gasteiger partial charge on any atom is 0.336 e. The Balaban J connectivity index is 0. The topological polar surface area (TPSA) is 196 Å². The maximum atomic E-state index is 10.5. The van der Waals surface area contributed by atoms with Crippen molar-refractivity contribution < 1.29 is 54.2 Å². The van der Waals surface area contributed by atoms with Crippen LogP contribution in [0.4, 0.5) is 0 Å². The van der Waals surface area contributed by atoms with Gasteiger partial charge in [0, 0.05) is 0 Å². The lowest BCUT2D eigenvalue weighted by Gasteiger charge is -2.01. The molecule has 0 aliphatic carbocycles. The highest BCUT2D eigenvalue weighted by Crippen LogP contribution is 2.07. The van der Waals surface area contributed by atoms with Crippen molar-refractivity contribution in [2.45, 2.75) is 13.8 Å². The van der Waals surface area contributed by atoms with Gasteiger partial charge in [-0.3, -0.25) is 14.4 Å². The van der Waals surface area contributed by atoms with Gasteiger partial charge in [-0.25, -0.2) is 9.59 Å². The highest BCUT2D eigenvalue weighted by Gasteiger charge is 2.26. The highest BCUT2D eigenvalue weighted by atomic mass is 16.5. The molecule has 0 saturated heterocycles. The second kappa shape index (κ2) is 15.9. The van der Waals surface area contributed by atoms with Crippen LogP contribution < -0.4 is 0 Å². The molecule has 0 aliphatic heterocycles. The van der Waals surface area contributed by atoms with Crippen LogP contribution in [0.1, 0.15) is 34.6 Å². The van der Waals surface area contributed by atoms with E-state index in [1.165, 1.54) is 24.3 Å². The van der Waals surface area contributed by atoms with E-state index in [2.05, 4.69) is 4.74 Å². The van der Waals surface area contributed by atoms with Gasteiger partial charge < -0.3 is 30.3 Å². The van der Waals surface area contributed by atoms with Crippen molar-refractivity contribution in [3.05, 3.63) is 35.4 Å². The maximum absolute atomic E-state index is 10.5. The number of carboxylic acid groups (broad SMARTS) is 3. The van der Waals surface area contributed by atoms with Gasteiger partial charge in [-0.2, -0.15) is 0 Å². The predicted molar refractivity (Wildman–Crippen MR) is 97.8 cm³/mol. The Kier molecular flexibility index (Phi) is 15.4. The standard InChI is InChI=1S/C8H6O4.C6H8O4.C4H10O3/c9-7(10)5-3-1-2-4-6(5)8(11)12;1-3(7)5(4(2)8)6(9)10;5-1-3-7-4-2-6/h1-4H,(H,9,10)(H,11,12);5H,1-2H3,(H,9,10);5-6H,1-4H2. The molecule has 0 atom stereocenters. The van der Waals surface area contributed by atoms with Crippen molar-refractivity contribution in [1.29, 1.82) is 0 Å². The summed E-state index contributed by atoms with van der Waals surface area (Å²) in [5.41, 5.74) is -0.380. The molecule has 1 rings (SSSR count). The molecule has 0 spiro atoms. The number of hydrogen-bond donors (Lipinski definition) is 5. The zero-order valence-corrected chi connectivity index (χ0v) is 15.9. The Labute approximate surface area is 166 Å². The first kappa shape index (κ1) is 28.1. The summed E-state index contributed by atoms with van der Waals surface area (Å²) in [4.78, 5) is 51.9. The first-order valence-electron chi connectivity index (χ1n) is 8.09. The fraction of sp³-hybridized carbons (Fsp3) is 0.389. The minimum atomic E-state index is -1.47. The van der Waals surface area contributed by atoms with Crippen LogP contribution in [0.25, 0.3) is 0 Å². The van der Waals surface area contributed by atoms with Crippen molar-refractivity contribution in [2.75, 3.05) is 26.4 Å². The van der Waals surface area contributed by atoms with E-state index in [4.69, 9.17) is 25.5 Å². The van der Waals surface area contributed by atoms with Crippen molar-refractivity contribution in [1.82, 2.24) is 0 Å². The number of Topliss-reactive ketones (excluding diaryl/α,β-unsaturated/α-hetero) is 2. The van der Waals surface area contributed by atoms with Gasteiger partial charge in [-0.15, -0.1) is 0 Å². The van der Waals surface area contributed by atoms with Gasteiger partial charge in [-0.1, -0.05) is 12.1 Å². The van der Waals surface area contributed by atoms with Gasteiger partial charge in [-0.05, 0) is 26.0 Å². The molecule has 0 aromatic heterocycles. The molecule has 11 nitrogen and oxygen atoms in total. The molecular formula is C18H24O11. The number of ketones is 2. The summed E-state index contributed by atoms with van der Waals surface area (Å²) in [5.74, 6) is -6.55. The Bertz CT molecular complexity index is 627. The monoisotopic (exact) mass is 416 g/mol. The van der Waals surface area contributed by atoms with E-state index >= 15 is 0 Å². The van der Waals surface area contributed by atoms with Gasteiger partial charge in [0.1, 0.15) is 0 Å². The number of benzene rings is 1. The molecule has 0 saturated carbocycles. The summed E-state index contributed by atoms with van der Waals surface area (Å²) in [6.07, 6.45) is 0. The SMILES string of the molecule is CC(=O)C(C(C)=O)C(=O)O.O=C(O)c1ccccc1C(=O)O.OCCOCCO. The second-order valence-corrected chi connectivity index (χ2v) is 5.21. The van der Waals surface area contributed by atoms with Crippen LogP contribution in [0.2, 0.25) is 0 Å². The van der Waals surface area contributed by atoms with Crippen LogP contribution in [0.5, 0.6) is 0 Å². The fourth-order valence-corrected chi connectivity index (χ4v) is 1.72. The number of rotatable bonds is 9. The van der Waals surface area contributed by atoms with E-state index in [0.717, 1.165) is 13.8 Å². The molecule has 0 amide bonds. The molecule has 0 unspecified atom stereocenters. The van der Waals surface area contributed by atoms with Crippen molar-refractivity contribution in [3.8, 4) is 0 Å². The van der Waals surface area contributed by atoms with Gasteiger partial charge in [0.25, 0.3) is 0 Å². The van der Waals surface area contributed by atoms with E-state index in [1.54, 1.807) is 0 Å². The number of aliphatic carboxylic acids is 1. The molecule has 1 aromatic carbocycles. The van der Waals surface area contributed by atoms with Crippen LogP contribution in [-0.4, -0.2) is 81.4 Å². The average Bonchev–Trinajstić information content (AvgIpc) is 2.62. The molecule has 0 aliphatic rings. The van der Waals surface area contributed by atoms with Gasteiger partial charge >= 0.3 is 17.9 Å². The molecule has 11 heteroatoms. The zero-order valence-electron chi connectivity index (χ0n) is 15.9. The van der Waals surface area contributed by atoms with Gasteiger partial charge in [0.2, 0.25) is 0 Å². The van der Waals surface area contributed by atoms with E-state index in [0.29, 0.717) is 13.2 Å². The molecule has 0 radical (unpaired) electrons. The Morgan fingerprint density at radius 1 is 0.793 bits per heavy atom.